The van der Waals surface area contributed by atoms with Crippen molar-refractivity contribution < 1.29 is 9.47 Å². The SMILES string of the molecule is COc1ccc(CNc2cc(Nc3ccc(Cl)cc3)nc(C)n2)cc1OC. The van der Waals surface area contributed by atoms with E-state index in [2.05, 4.69) is 20.6 Å². The molecule has 0 unspecified atom stereocenters. The Balaban J connectivity index is 1.72. The third-order valence-corrected chi connectivity index (χ3v) is 4.13. The molecule has 140 valence electrons. The quantitative estimate of drug-likeness (QED) is 0.609. The van der Waals surface area contributed by atoms with Gasteiger partial charge in [0, 0.05) is 23.3 Å². The highest BCUT2D eigenvalue weighted by Gasteiger charge is 2.06. The smallest absolute Gasteiger partial charge is 0.161 e. The van der Waals surface area contributed by atoms with E-state index in [1.54, 1.807) is 14.2 Å². The van der Waals surface area contributed by atoms with Gasteiger partial charge < -0.3 is 20.1 Å². The lowest BCUT2D eigenvalue weighted by molar-refractivity contribution is 0.354. The molecule has 3 aromatic rings. The van der Waals surface area contributed by atoms with Crippen molar-refractivity contribution in [1.82, 2.24) is 9.97 Å². The maximum Gasteiger partial charge on any atom is 0.161 e. The summed E-state index contributed by atoms with van der Waals surface area (Å²) >= 11 is 5.93. The van der Waals surface area contributed by atoms with E-state index >= 15 is 0 Å². The summed E-state index contributed by atoms with van der Waals surface area (Å²) in [4.78, 5) is 8.87. The number of ether oxygens (including phenoxy) is 2. The van der Waals surface area contributed by atoms with Crippen molar-refractivity contribution >= 4 is 28.9 Å². The van der Waals surface area contributed by atoms with Crippen LogP contribution in [-0.4, -0.2) is 24.2 Å². The minimum atomic E-state index is 0.594. The normalized spacial score (nSPS) is 10.4. The number of aryl methyl sites for hydroxylation is 1. The first-order valence-corrected chi connectivity index (χ1v) is 8.78. The topological polar surface area (TPSA) is 68.3 Å². The summed E-state index contributed by atoms with van der Waals surface area (Å²) in [5.74, 6) is 3.51. The summed E-state index contributed by atoms with van der Waals surface area (Å²) in [6, 6.07) is 15.1. The van der Waals surface area contributed by atoms with Gasteiger partial charge >= 0.3 is 0 Å². The molecule has 1 aromatic heterocycles. The van der Waals surface area contributed by atoms with Gasteiger partial charge in [-0.3, -0.25) is 0 Å². The number of hydrogen-bond donors (Lipinski definition) is 2. The molecule has 2 N–H and O–H groups in total. The van der Waals surface area contributed by atoms with Crippen LogP contribution in [0.3, 0.4) is 0 Å². The van der Waals surface area contributed by atoms with E-state index in [4.69, 9.17) is 21.1 Å². The van der Waals surface area contributed by atoms with Gasteiger partial charge in [0.05, 0.1) is 14.2 Å². The molecule has 6 nitrogen and oxygen atoms in total. The van der Waals surface area contributed by atoms with Crippen LogP contribution in [-0.2, 0) is 6.54 Å². The van der Waals surface area contributed by atoms with Gasteiger partial charge in [-0.15, -0.1) is 0 Å². The van der Waals surface area contributed by atoms with E-state index in [0.29, 0.717) is 34.7 Å². The number of halogens is 1. The van der Waals surface area contributed by atoms with Crippen LogP contribution in [0.25, 0.3) is 0 Å². The van der Waals surface area contributed by atoms with Crippen molar-refractivity contribution in [3.8, 4) is 11.5 Å². The van der Waals surface area contributed by atoms with Crippen LogP contribution in [0, 0.1) is 6.92 Å². The number of aromatic nitrogens is 2. The van der Waals surface area contributed by atoms with E-state index in [1.165, 1.54) is 0 Å². The Morgan fingerprint density at radius 1 is 0.889 bits per heavy atom. The molecule has 0 spiro atoms. The van der Waals surface area contributed by atoms with Gasteiger partial charge in [-0.1, -0.05) is 17.7 Å². The Labute approximate surface area is 163 Å². The van der Waals surface area contributed by atoms with E-state index in [9.17, 15) is 0 Å². The fourth-order valence-corrected chi connectivity index (χ4v) is 2.71. The number of benzene rings is 2. The summed E-state index contributed by atoms with van der Waals surface area (Å²) in [6.45, 7) is 2.45. The van der Waals surface area contributed by atoms with Gasteiger partial charge in [0.25, 0.3) is 0 Å². The molecule has 2 aromatic carbocycles. The number of anilines is 3. The third kappa shape index (κ3) is 5.01. The second kappa shape index (κ2) is 8.60. The van der Waals surface area contributed by atoms with Gasteiger partial charge in [0.15, 0.2) is 11.5 Å². The summed E-state index contributed by atoms with van der Waals surface area (Å²) in [5, 5.41) is 7.27. The molecule has 0 radical (unpaired) electrons. The number of nitrogens with zero attached hydrogens (tertiary/aromatic N) is 2. The fraction of sp³-hybridized carbons (Fsp3) is 0.200. The molecule has 0 aliphatic heterocycles. The molecule has 27 heavy (non-hydrogen) atoms. The Morgan fingerprint density at radius 3 is 2.30 bits per heavy atom. The van der Waals surface area contributed by atoms with E-state index in [1.807, 2.05) is 55.5 Å². The minimum absolute atomic E-state index is 0.594. The predicted octanol–water partition coefficient (Wildman–Crippen LogP) is 4.81. The van der Waals surface area contributed by atoms with Crippen molar-refractivity contribution in [2.45, 2.75) is 13.5 Å². The van der Waals surface area contributed by atoms with Crippen LogP contribution in [0.1, 0.15) is 11.4 Å². The van der Waals surface area contributed by atoms with Crippen LogP contribution in [0.4, 0.5) is 17.3 Å². The average Bonchev–Trinajstić information content (AvgIpc) is 2.67. The Kier molecular flexibility index (Phi) is 5.98. The lowest BCUT2D eigenvalue weighted by atomic mass is 10.2. The summed E-state index contributed by atoms with van der Waals surface area (Å²) < 4.78 is 10.6. The molecule has 0 aliphatic rings. The van der Waals surface area contributed by atoms with Crippen LogP contribution >= 0.6 is 11.6 Å². The second-order valence-corrected chi connectivity index (χ2v) is 6.30. The highest BCUT2D eigenvalue weighted by Crippen LogP contribution is 2.28. The highest BCUT2D eigenvalue weighted by molar-refractivity contribution is 6.30. The molecule has 1 heterocycles. The molecule has 0 saturated heterocycles. The first kappa shape index (κ1) is 18.8. The number of nitrogens with one attached hydrogen (secondary N) is 2. The maximum atomic E-state index is 5.93. The van der Waals surface area contributed by atoms with Gasteiger partial charge in [-0.05, 0) is 48.9 Å². The monoisotopic (exact) mass is 384 g/mol. The van der Waals surface area contributed by atoms with Gasteiger partial charge in [-0.25, -0.2) is 9.97 Å². The number of hydrogen-bond acceptors (Lipinski definition) is 6. The van der Waals surface area contributed by atoms with Crippen LogP contribution in [0.15, 0.2) is 48.5 Å². The maximum absolute atomic E-state index is 5.93. The van der Waals surface area contributed by atoms with Crippen molar-refractivity contribution in [3.05, 3.63) is 64.9 Å². The van der Waals surface area contributed by atoms with Crippen molar-refractivity contribution in [2.75, 3.05) is 24.9 Å². The molecule has 0 amide bonds. The highest BCUT2D eigenvalue weighted by atomic mass is 35.5. The molecular formula is C20H21ClN4O2. The zero-order valence-corrected chi connectivity index (χ0v) is 16.2. The molecule has 7 heteroatoms. The van der Waals surface area contributed by atoms with E-state index < -0.39 is 0 Å². The van der Waals surface area contributed by atoms with Gasteiger partial charge in [-0.2, -0.15) is 0 Å². The molecule has 0 bridgehead atoms. The molecular weight excluding hydrogens is 364 g/mol. The lowest BCUT2D eigenvalue weighted by Gasteiger charge is -2.12. The summed E-state index contributed by atoms with van der Waals surface area (Å²) in [6.07, 6.45) is 0. The molecule has 0 atom stereocenters. The van der Waals surface area contributed by atoms with Crippen molar-refractivity contribution in [3.63, 3.8) is 0 Å². The Hall–Kier alpha value is -2.99. The van der Waals surface area contributed by atoms with Crippen LogP contribution in [0.5, 0.6) is 11.5 Å². The first-order chi connectivity index (χ1) is 13.1. The second-order valence-electron chi connectivity index (χ2n) is 5.86. The Bertz CT molecular complexity index is 916. The minimum Gasteiger partial charge on any atom is -0.493 e. The zero-order chi connectivity index (χ0) is 19.2. The molecule has 3 rings (SSSR count). The Morgan fingerprint density at radius 2 is 1.59 bits per heavy atom. The van der Waals surface area contributed by atoms with Crippen LogP contribution < -0.4 is 20.1 Å². The average molecular weight is 385 g/mol. The lowest BCUT2D eigenvalue weighted by Crippen LogP contribution is -2.05. The summed E-state index contributed by atoms with van der Waals surface area (Å²) in [7, 11) is 3.24. The summed E-state index contributed by atoms with van der Waals surface area (Å²) in [5.41, 5.74) is 1.96. The van der Waals surface area contributed by atoms with Crippen LogP contribution in [0.2, 0.25) is 5.02 Å². The number of methoxy groups -OCH3 is 2. The van der Waals surface area contributed by atoms with Gasteiger partial charge in [0.2, 0.25) is 0 Å². The largest absolute Gasteiger partial charge is 0.493 e. The fourth-order valence-electron chi connectivity index (χ4n) is 2.59. The van der Waals surface area contributed by atoms with Crippen molar-refractivity contribution in [1.29, 1.82) is 0 Å². The molecule has 0 fully saturated rings. The first-order valence-electron chi connectivity index (χ1n) is 8.40. The van der Waals surface area contributed by atoms with E-state index in [-0.39, 0.29) is 0 Å². The third-order valence-electron chi connectivity index (χ3n) is 3.88. The molecule has 0 aliphatic carbocycles. The van der Waals surface area contributed by atoms with Crippen molar-refractivity contribution in [2.24, 2.45) is 0 Å². The molecule has 0 saturated carbocycles. The van der Waals surface area contributed by atoms with Gasteiger partial charge in [0.1, 0.15) is 17.5 Å². The standard InChI is InChI=1S/C20H21ClN4O2/c1-13-23-19(11-20(24-13)25-16-7-5-15(21)6-8-16)22-12-14-4-9-17(26-2)18(10-14)27-3/h4-11H,12H2,1-3H3,(H2,22,23,24,25). The zero-order valence-electron chi connectivity index (χ0n) is 15.4. The van der Waals surface area contributed by atoms with E-state index in [0.717, 1.165) is 17.1 Å². The number of rotatable bonds is 7. The predicted molar refractivity (Wildman–Crippen MR) is 108 cm³/mol.